The minimum absolute atomic E-state index is 0.176. The summed E-state index contributed by atoms with van der Waals surface area (Å²) in [4.78, 5) is 17.3. The van der Waals surface area contributed by atoms with Crippen LogP contribution < -0.4 is 20.3 Å². The highest BCUT2D eigenvalue weighted by molar-refractivity contribution is 5.83. The zero-order chi connectivity index (χ0) is 21.3. The fourth-order valence-electron chi connectivity index (χ4n) is 3.11. The second-order valence-electron chi connectivity index (χ2n) is 6.40. The van der Waals surface area contributed by atoms with Crippen molar-refractivity contribution in [2.75, 3.05) is 19.5 Å². The predicted molar refractivity (Wildman–Crippen MR) is 110 cm³/mol. The number of aromatic nitrogens is 2. The van der Waals surface area contributed by atoms with Crippen molar-refractivity contribution in [3.63, 3.8) is 0 Å². The van der Waals surface area contributed by atoms with E-state index in [0.29, 0.717) is 22.3 Å². The number of para-hydroxylation sites is 1. The van der Waals surface area contributed by atoms with Gasteiger partial charge >= 0.3 is 0 Å². The van der Waals surface area contributed by atoms with Crippen molar-refractivity contribution in [1.29, 1.82) is 0 Å². The van der Waals surface area contributed by atoms with Crippen molar-refractivity contribution in [3.8, 4) is 17.2 Å². The van der Waals surface area contributed by atoms with Crippen molar-refractivity contribution in [2.24, 2.45) is 0 Å². The Hall–Kier alpha value is -3.94. The molecular formula is C22H17F2N3O3. The number of benzene rings is 3. The summed E-state index contributed by atoms with van der Waals surface area (Å²) < 4.78 is 40.6. The molecule has 1 aromatic heterocycles. The molecule has 0 aliphatic heterocycles. The molecule has 0 atom stereocenters. The Labute approximate surface area is 170 Å². The molecule has 8 heteroatoms. The lowest BCUT2D eigenvalue weighted by atomic mass is 10.2. The van der Waals surface area contributed by atoms with Crippen LogP contribution in [-0.2, 0) is 0 Å². The van der Waals surface area contributed by atoms with Crippen LogP contribution in [0.4, 0.5) is 20.2 Å². The van der Waals surface area contributed by atoms with Crippen LogP contribution in [0.1, 0.15) is 0 Å². The van der Waals surface area contributed by atoms with Gasteiger partial charge in [-0.05, 0) is 30.3 Å². The number of fused-ring (bicyclic) bond motifs is 1. The first-order valence-corrected chi connectivity index (χ1v) is 8.97. The number of rotatable bonds is 5. The largest absolute Gasteiger partial charge is 0.493 e. The van der Waals surface area contributed by atoms with E-state index in [2.05, 4.69) is 10.3 Å². The van der Waals surface area contributed by atoms with Gasteiger partial charge in [-0.3, -0.25) is 9.36 Å². The first-order valence-electron chi connectivity index (χ1n) is 8.97. The molecule has 152 valence electrons. The maximum Gasteiger partial charge on any atom is 0.265 e. The molecule has 0 bridgehead atoms. The van der Waals surface area contributed by atoms with Gasteiger partial charge in [0.2, 0.25) is 0 Å². The monoisotopic (exact) mass is 409 g/mol. The molecule has 4 aromatic rings. The summed E-state index contributed by atoms with van der Waals surface area (Å²) in [5, 5.41) is 2.98. The van der Waals surface area contributed by atoms with E-state index < -0.39 is 17.3 Å². The number of ether oxygens (including phenoxy) is 2. The van der Waals surface area contributed by atoms with E-state index in [0.717, 1.165) is 6.07 Å². The van der Waals surface area contributed by atoms with Gasteiger partial charge in [0.05, 0.1) is 30.8 Å². The van der Waals surface area contributed by atoms with Crippen LogP contribution in [0.2, 0.25) is 0 Å². The first-order chi connectivity index (χ1) is 14.5. The van der Waals surface area contributed by atoms with Gasteiger partial charge < -0.3 is 14.8 Å². The Bertz CT molecular complexity index is 1260. The fraction of sp³-hybridized carbons (Fsp3) is 0.0909. The third-order valence-corrected chi connectivity index (χ3v) is 4.64. The molecule has 0 saturated carbocycles. The summed E-state index contributed by atoms with van der Waals surface area (Å²) in [6.07, 6.45) is 1.44. The van der Waals surface area contributed by atoms with E-state index in [1.165, 1.54) is 31.2 Å². The average molecular weight is 409 g/mol. The van der Waals surface area contributed by atoms with Gasteiger partial charge in [0.25, 0.3) is 5.56 Å². The maximum atomic E-state index is 14.7. The van der Waals surface area contributed by atoms with E-state index in [4.69, 9.17) is 9.47 Å². The predicted octanol–water partition coefficient (Wildman–Crippen LogP) is 4.42. The van der Waals surface area contributed by atoms with Gasteiger partial charge in [-0.1, -0.05) is 18.2 Å². The number of anilines is 2. The molecule has 0 aliphatic rings. The van der Waals surface area contributed by atoms with Gasteiger partial charge in [-0.25, -0.2) is 13.8 Å². The van der Waals surface area contributed by atoms with E-state index >= 15 is 0 Å². The highest BCUT2D eigenvalue weighted by atomic mass is 19.1. The van der Waals surface area contributed by atoms with Crippen LogP contribution in [0.15, 0.2) is 65.7 Å². The van der Waals surface area contributed by atoms with Gasteiger partial charge in [0.1, 0.15) is 12.0 Å². The molecule has 0 radical (unpaired) electrons. The Kier molecular flexibility index (Phi) is 5.05. The maximum absolute atomic E-state index is 14.7. The highest BCUT2D eigenvalue weighted by Gasteiger charge is 2.20. The topological polar surface area (TPSA) is 65.4 Å². The summed E-state index contributed by atoms with van der Waals surface area (Å²) in [7, 11) is 2.54. The SMILES string of the molecule is COc1cc(OC)c(F)c(Nc2ccc3ncn(-c4ccccc4)c(=O)c3c2)c1F. The molecule has 0 aliphatic carbocycles. The molecule has 3 aromatic carbocycles. The summed E-state index contributed by atoms with van der Waals surface area (Å²) in [5.74, 6) is -2.18. The van der Waals surface area contributed by atoms with Crippen molar-refractivity contribution >= 4 is 22.3 Å². The van der Waals surface area contributed by atoms with Crippen molar-refractivity contribution in [1.82, 2.24) is 9.55 Å². The number of methoxy groups -OCH3 is 2. The lowest BCUT2D eigenvalue weighted by Crippen LogP contribution is -2.18. The molecule has 1 heterocycles. The van der Waals surface area contributed by atoms with Gasteiger partial charge in [-0.15, -0.1) is 0 Å². The zero-order valence-electron chi connectivity index (χ0n) is 16.1. The van der Waals surface area contributed by atoms with E-state index in [-0.39, 0.29) is 17.1 Å². The normalized spacial score (nSPS) is 10.8. The van der Waals surface area contributed by atoms with Crippen LogP contribution in [0.3, 0.4) is 0 Å². The number of nitrogens with zero attached hydrogens (tertiary/aromatic N) is 2. The average Bonchev–Trinajstić information content (AvgIpc) is 2.78. The molecule has 0 spiro atoms. The van der Waals surface area contributed by atoms with Crippen LogP contribution in [-0.4, -0.2) is 23.8 Å². The lowest BCUT2D eigenvalue weighted by molar-refractivity contribution is 0.360. The second-order valence-corrected chi connectivity index (χ2v) is 6.40. The third kappa shape index (κ3) is 3.32. The second kappa shape index (κ2) is 7.82. The highest BCUT2D eigenvalue weighted by Crippen LogP contribution is 2.36. The minimum atomic E-state index is -0.913. The van der Waals surface area contributed by atoms with E-state index in [1.54, 1.807) is 24.3 Å². The van der Waals surface area contributed by atoms with Crippen molar-refractivity contribution in [3.05, 3.63) is 82.9 Å². The lowest BCUT2D eigenvalue weighted by Gasteiger charge is -2.14. The number of hydrogen-bond donors (Lipinski definition) is 1. The molecule has 6 nitrogen and oxygen atoms in total. The van der Waals surface area contributed by atoms with Gasteiger partial charge in [0.15, 0.2) is 23.1 Å². The molecule has 0 saturated heterocycles. The Morgan fingerprint density at radius 2 is 1.60 bits per heavy atom. The summed E-state index contributed by atoms with van der Waals surface area (Å²) in [5.41, 5.74) is 0.670. The Balaban J connectivity index is 1.82. The summed E-state index contributed by atoms with van der Waals surface area (Å²) in [6.45, 7) is 0. The van der Waals surface area contributed by atoms with E-state index in [1.807, 2.05) is 18.2 Å². The van der Waals surface area contributed by atoms with Crippen LogP contribution in [0, 0.1) is 11.6 Å². The quantitative estimate of drug-likeness (QED) is 0.529. The zero-order valence-corrected chi connectivity index (χ0v) is 16.1. The van der Waals surface area contributed by atoms with E-state index in [9.17, 15) is 13.6 Å². The minimum Gasteiger partial charge on any atom is -0.493 e. The van der Waals surface area contributed by atoms with Crippen molar-refractivity contribution < 1.29 is 18.3 Å². The molecule has 0 amide bonds. The molecule has 0 fully saturated rings. The molecule has 30 heavy (non-hydrogen) atoms. The standard InChI is InChI=1S/C22H17F2N3O3/c1-29-17-11-18(30-2)20(24)21(19(17)23)26-13-8-9-16-15(10-13)22(28)27(12-25-16)14-6-4-3-5-7-14/h3-12,26H,1-2H3. The number of halogens is 2. The van der Waals surface area contributed by atoms with Crippen LogP contribution in [0.25, 0.3) is 16.6 Å². The molecule has 4 rings (SSSR count). The smallest absolute Gasteiger partial charge is 0.265 e. The molecule has 0 unspecified atom stereocenters. The Morgan fingerprint density at radius 1 is 0.933 bits per heavy atom. The van der Waals surface area contributed by atoms with Crippen molar-refractivity contribution in [2.45, 2.75) is 0 Å². The van der Waals surface area contributed by atoms with Crippen LogP contribution >= 0.6 is 0 Å². The van der Waals surface area contributed by atoms with Crippen LogP contribution in [0.5, 0.6) is 11.5 Å². The fourth-order valence-corrected chi connectivity index (χ4v) is 3.11. The number of hydrogen-bond acceptors (Lipinski definition) is 5. The number of nitrogens with one attached hydrogen (secondary N) is 1. The summed E-state index contributed by atoms with van der Waals surface area (Å²) in [6, 6.07) is 14.8. The molecule has 1 N–H and O–H groups in total. The Morgan fingerprint density at radius 3 is 2.23 bits per heavy atom. The first kappa shape index (κ1) is 19.4. The summed E-state index contributed by atoms with van der Waals surface area (Å²) >= 11 is 0. The molecular weight excluding hydrogens is 392 g/mol. The third-order valence-electron chi connectivity index (χ3n) is 4.64. The van der Waals surface area contributed by atoms with Gasteiger partial charge in [-0.2, -0.15) is 0 Å². The van der Waals surface area contributed by atoms with Gasteiger partial charge in [0, 0.05) is 11.8 Å².